The van der Waals surface area contributed by atoms with Gasteiger partial charge in [0, 0.05) is 11.6 Å². The van der Waals surface area contributed by atoms with Crippen molar-refractivity contribution >= 4 is 11.9 Å². The van der Waals surface area contributed by atoms with E-state index in [-0.39, 0.29) is 18.4 Å². The van der Waals surface area contributed by atoms with Crippen molar-refractivity contribution in [2.75, 3.05) is 0 Å². The topological polar surface area (TPSA) is 66.4 Å². The van der Waals surface area contributed by atoms with Crippen molar-refractivity contribution in [3.8, 4) is 0 Å². The van der Waals surface area contributed by atoms with Crippen molar-refractivity contribution in [2.24, 2.45) is 0 Å². The van der Waals surface area contributed by atoms with E-state index in [0.29, 0.717) is 0 Å². The van der Waals surface area contributed by atoms with Gasteiger partial charge in [-0.25, -0.2) is 8.78 Å². The molecule has 1 aromatic rings. The molecule has 18 heavy (non-hydrogen) atoms. The van der Waals surface area contributed by atoms with Gasteiger partial charge < -0.3 is 10.4 Å². The molecule has 0 radical (unpaired) electrons. The zero-order valence-electron chi connectivity index (χ0n) is 9.74. The number of aliphatic carboxylic acids is 1. The molecule has 98 valence electrons. The summed E-state index contributed by atoms with van der Waals surface area (Å²) in [6.45, 7) is 1.52. The molecule has 1 aromatic carbocycles. The normalized spacial score (nSPS) is 11.9. The molecule has 0 aromatic heterocycles. The van der Waals surface area contributed by atoms with Crippen molar-refractivity contribution in [3.05, 3.63) is 35.4 Å². The number of carboxylic acids is 1. The number of amides is 1. The monoisotopic (exact) mass is 257 g/mol. The zero-order chi connectivity index (χ0) is 13.7. The van der Waals surface area contributed by atoms with Crippen LogP contribution in [0, 0.1) is 11.6 Å². The predicted molar refractivity (Wildman–Crippen MR) is 59.9 cm³/mol. The Kier molecular flexibility index (Phi) is 4.76. The quantitative estimate of drug-likeness (QED) is 0.839. The van der Waals surface area contributed by atoms with Gasteiger partial charge in [0.05, 0.1) is 12.8 Å². The number of carbonyl (C=O) groups excluding carboxylic acids is 1. The largest absolute Gasteiger partial charge is 0.481 e. The van der Waals surface area contributed by atoms with Crippen LogP contribution in [0.1, 0.15) is 18.9 Å². The van der Waals surface area contributed by atoms with E-state index in [9.17, 15) is 18.4 Å². The summed E-state index contributed by atoms with van der Waals surface area (Å²) < 4.78 is 26.1. The van der Waals surface area contributed by atoms with Crippen LogP contribution in [0.2, 0.25) is 0 Å². The number of carbonyl (C=O) groups is 2. The molecule has 0 aliphatic rings. The first-order chi connectivity index (χ1) is 8.38. The summed E-state index contributed by atoms with van der Waals surface area (Å²) in [5, 5.41) is 10.9. The van der Waals surface area contributed by atoms with E-state index in [1.54, 1.807) is 0 Å². The van der Waals surface area contributed by atoms with Gasteiger partial charge in [0.2, 0.25) is 5.91 Å². The van der Waals surface area contributed by atoms with E-state index >= 15 is 0 Å². The molecule has 0 aliphatic heterocycles. The number of nitrogens with one attached hydrogen (secondary N) is 1. The lowest BCUT2D eigenvalue weighted by Gasteiger charge is -2.11. The van der Waals surface area contributed by atoms with Crippen molar-refractivity contribution in [1.29, 1.82) is 0 Å². The fourth-order valence-electron chi connectivity index (χ4n) is 1.49. The third-order valence-electron chi connectivity index (χ3n) is 2.25. The molecule has 0 bridgehead atoms. The number of carboxylic acid groups (broad SMARTS) is 1. The van der Waals surface area contributed by atoms with E-state index < -0.39 is 29.6 Å². The number of hydrogen-bond donors (Lipinski definition) is 2. The predicted octanol–water partition coefficient (Wildman–Crippen LogP) is 1.49. The van der Waals surface area contributed by atoms with Crippen LogP contribution in [0.5, 0.6) is 0 Å². The van der Waals surface area contributed by atoms with E-state index in [0.717, 1.165) is 18.2 Å². The molecule has 4 nitrogen and oxygen atoms in total. The maximum absolute atomic E-state index is 13.2. The fourth-order valence-corrected chi connectivity index (χ4v) is 1.49. The Morgan fingerprint density at radius 2 is 2.06 bits per heavy atom. The van der Waals surface area contributed by atoms with Crippen molar-refractivity contribution in [3.63, 3.8) is 0 Å². The lowest BCUT2D eigenvalue weighted by atomic mass is 10.1. The summed E-state index contributed by atoms with van der Waals surface area (Å²) in [6.07, 6.45) is -0.551. The second-order valence-electron chi connectivity index (χ2n) is 3.98. The van der Waals surface area contributed by atoms with Crippen LogP contribution < -0.4 is 5.32 Å². The molecule has 0 saturated heterocycles. The lowest BCUT2D eigenvalue weighted by molar-refractivity contribution is -0.137. The SMILES string of the molecule is CC(CC(=O)O)NC(=O)Cc1cc(F)ccc1F. The highest BCUT2D eigenvalue weighted by atomic mass is 19.1. The van der Waals surface area contributed by atoms with Gasteiger partial charge in [0.15, 0.2) is 0 Å². The molecule has 0 spiro atoms. The highest BCUT2D eigenvalue weighted by molar-refractivity contribution is 5.79. The Labute approximate surface area is 103 Å². The number of benzene rings is 1. The van der Waals surface area contributed by atoms with Gasteiger partial charge >= 0.3 is 5.97 Å². The van der Waals surface area contributed by atoms with E-state index in [2.05, 4.69) is 5.32 Å². The number of rotatable bonds is 5. The second kappa shape index (κ2) is 6.09. The van der Waals surface area contributed by atoms with Crippen molar-refractivity contribution in [1.82, 2.24) is 5.32 Å². The summed E-state index contributed by atoms with van der Waals surface area (Å²) in [4.78, 5) is 21.9. The summed E-state index contributed by atoms with van der Waals surface area (Å²) in [5.74, 6) is -2.89. The van der Waals surface area contributed by atoms with E-state index in [1.165, 1.54) is 6.92 Å². The van der Waals surface area contributed by atoms with Crippen LogP contribution in [0.4, 0.5) is 8.78 Å². The minimum absolute atomic E-state index is 0.0602. The van der Waals surface area contributed by atoms with E-state index in [1.807, 2.05) is 0 Å². The second-order valence-corrected chi connectivity index (χ2v) is 3.98. The minimum atomic E-state index is -1.04. The van der Waals surface area contributed by atoms with Gasteiger partial charge in [-0.05, 0) is 25.1 Å². The first kappa shape index (κ1) is 14.1. The Hall–Kier alpha value is -1.98. The first-order valence-corrected chi connectivity index (χ1v) is 5.33. The first-order valence-electron chi connectivity index (χ1n) is 5.33. The molecule has 1 rings (SSSR count). The molecule has 0 heterocycles. The fraction of sp³-hybridized carbons (Fsp3) is 0.333. The smallest absolute Gasteiger partial charge is 0.305 e. The van der Waals surface area contributed by atoms with Gasteiger partial charge in [0.1, 0.15) is 11.6 Å². The molecular weight excluding hydrogens is 244 g/mol. The molecule has 1 amide bonds. The Morgan fingerprint density at radius 1 is 1.39 bits per heavy atom. The molecular formula is C12H13F2NO3. The molecule has 0 saturated carbocycles. The molecule has 1 unspecified atom stereocenters. The van der Waals surface area contributed by atoms with Crippen LogP contribution in [-0.2, 0) is 16.0 Å². The summed E-state index contributed by atoms with van der Waals surface area (Å²) in [5.41, 5.74) is -0.0602. The zero-order valence-corrected chi connectivity index (χ0v) is 9.74. The molecule has 0 aliphatic carbocycles. The minimum Gasteiger partial charge on any atom is -0.481 e. The highest BCUT2D eigenvalue weighted by Gasteiger charge is 2.13. The van der Waals surface area contributed by atoms with Crippen LogP contribution in [-0.4, -0.2) is 23.0 Å². The summed E-state index contributed by atoms with van der Waals surface area (Å²) in [6, 6.07) is 2.28. The molecule has 0 fully saturated rings. The number of halogens is 2. The molecule has 6 heteroatoms. The Morgan fingerprint density at radius 3 is 2.67 bits per heavy atom. The van der Waals surface area contributed by atoms with Gasteiger partial charge in [-0.2, -0.15) is 0 Å². The van der Waals surface area contributed by atoms with E-state index in [4.69, 9.17) is 5.11 Å². The van der Waals surface area contributed by atoms with Crippen LogP contribution >= 0.6 is 0 Å². The van der Waals surface area contributed by atoms with Gasteiger partial charge in [-0.1, -0.05) is 0 Å². The maximum atomic E-state index is 13.2. The average molecular weight is 257 g/mol. The maximum Gasteiger partial charge on any atom is 0.305 e. The standard InChI is InChI=1S/C12H13F2NO3/c1-7(4-12(17)18)15-11(16)6-8-5-9(13)2-3-10(8)14/h2-3,5,7H,4,6H2,1H3,(H,15,16)(H,17,18). The highest BCUT2D eigenvalue weighted by Crippen LogP contribution is 2.10. The van der Waals surface area contributed by atoms with Crippen molar-refractivity contribution in [2.45, 2.75) is 25.8 Å². The van der Waals surface area contributed by atoms with Crippen LogP contribution in [0.3, 0.4) is 0 Å². The Balaban J connectivity index is 2.59. The third kappa shape index (κ3) is 4.48. The average Bonchev–Trinajstić information content (AvgIpc) is 2.21. The van der Waals surface area contributed by atoms with Crippen molar-refractivity contribution < 1.29 is 23.5 Å². The van der Waals surface area contributed by atoms with Gasteiger partial charge in [-0.3, -0.25) is 9.59 Å². The Bertz CT molecular complexity index is 463. The summed E-state index contributed by atoms with van der Waals surface area (Å²) in [7, 11) is 0. The van der Waals surface area contributed by atoms with Crippen LogP contribution in [0.15, 0.2) is 18.2 Å². The third-order valence-corrected chi connectivity index (χ3v) is 2.25. The van der Waals surface area contributed by atoms with Gasteiger partial charge in [-0.15, -0.1) is 0 Å². The summed E-state index contributed by atoms with van der Waals surface area (Å²) >= 11 is 0. The number of hydrogen-bond acceptors (Lipinski definition) is 2. The lowest BCUT2D eigenvalue weighted by Crippen LogP contribution is -2.35. The van der Waals surface area contributed by atoms with Gasteiger partial charge in [0.25, 0.3) is 0 Å². The van der Waals surface area contributed by atoms with Crippen LogP contribution in [0.25, 0.3) is 0 Å². The molecule has 2 N–H and O–H groups in total. The molecule has 1 atom stereocenters.